The first kappa shape index (κ1) is 51.1. The normalized spacial score (nSPS) is 28.5. The molecule has 0 nitrogen and oxygen atoms in total. The first-order valence-electron chi connectivity index (χ1n) is 22.4. The van der Waals surface area contributed by atoms with Gasteiger partial charge in [-0.2, -0.15) is 23.5 Å². The van der Waals surface area contributed by atoms with E-state index < -0.39 is 14.5 Å². The fraction of sp³-hybridized carbons (Fsp3) is 0.500. The summed E-state index contributed by atoms with van der Waals surface area (Å²) in [6, 6.07) is 45.0. The van der Waals surface area contributed by atoms with Gasteiger partial charge in [-0.3, -0.25) is 0 Å². The van der Waals surface area contributed by atoms with Gasteiger partial charge in [0.15, 0.2) is 0 Å². The summed E-state index contributed by atoms with van der Waals surface area (Å²) >= 11 is 4.74. The summed E-state index contributed by atoms with van der Waals surface area (Å²) in [4.78, 5) is 0. The summed E-state index contributed by atoms with van der Waals surface area (Å²) in [6.07, 6.45) is 21.2. The first-order valence-corrected chi connectivity index (χ1v) is 27.4. The Kier molecular flexibility index (Phi) is 18.8. The summed E-state index contributed by atoms with van der Waals surface area (Å²) in [5.41, 5.74) is 0. The van der Waals surface area contributed by atoms with E-state index in [9.17, 15) is 34.5 Å². The molecule has 0 radical (unpaired) electrons. The first-order chi connectivity index (χ1) is 29.6. The van der Waals surface area contributed by atoms with Gasteiger partial charge in [-0.15, -0.1) is 0 Å². The molecule has 8 bridgehead atoms. The van der Waals surface area contributed by atoms with Crippen molar-refractivity contribution in [2.24, 2.45) is 35.5 Å². The number of benzene rings is 4. The zero-order chi connectivity index (χ0) is 43.8. The van der Waals surface area contributed by atoms with Crippen LogP contribution < -0.4 is 21.2 Å². The number of rotatable bonds is 12. The maximum absolute atomic E-state index is 9.75. The van der Waals surface area contributed by atoms with E-state index in [2.05, 4.69) is 145 Å². The Bertz CT molecular complexity index is 1650. The molecule has 0 aromatic heterocycles. The SMILES string of the molecule is F[B-](F)(F)F.F[B-](F)(F)F.[Pt+2].c1ccc(P(CCSC23CC4CC(CC(C4)C2)C3)c2ccccc2)cc1.c1ccc(P(CCSC23CC4CC(CC(C4)C2)C3)c2ccccc2)cc1. The molecule has 0 N–H and O–H groups in total. The third-order valence-corrected chi connectivity index (χ3v) is 22.4. The zero-order valence-corrected chi connectivity index (χ0v) is 41.2. The van der Waals surface area contributed by atoms with Gasteiger partial charge in [0.25, 0.3) is 0 Å². The fourth-order valence-electron chi connectivity index (χ4n) is 12.4. The topological polar surface area (TPSA) is 0 Å². The predicted molar refractivity (Wildman–Crippen MR) is 255 cm³/mol. The molecule has 0 amide bonds. The summed E-state index contributed by atoms with van der Waals surface area (Å²) < 4.78 is 79.3. The molecule has 8 fully saturated rings. The molecule has 8 aliphatic carbocycles. The van der Waals surface area contributed by atoms with Gasteiger partial charge in [0.2, 0.25) is 0 Å². The Morgan fingerprint density at radius 2 is 0.571 bits per heavy atom. The second-order valence-electron chi connectivity index (χ2n) is 18.5. The van der Waals surface area contributed by atoms with Crippen molar-refractivity contribution in [1.29, 1.82) is 0 Å². The zero-order valence-electron chi connectivity index (χ0n) is 35.5. The van der Waals surface area contributed by atoms with Crippen molar-refractivity contribution in [1.82, 2.24) is 0 Å². The number of hydrogen-bond donors (Lipinski definition) is 0. The van der Waals surface area contributed by atoms with E-state index in [1.165, 1.54) is 62.4 Å². The van der Waals surface area contributed by atoms with Crippen LogP contribution in [0.4, 0.5) is 34.5 Å². The molecule has 0 unspecified atom stereocenters. The Balaban J connectivity index is 0.000000171. The molecule has 4 aromatic carbocycles. The fourth-order valence-corrected chi connectivity index (χ4v) is 21.3. The molecule has 0 heterocycles. The van der Waals surface area contributed by atoms with Gasteiger partial charge in [0.1, 0.15) is 0 Å². The monoisotopic (exact) mass is 1130 g/mol. The largest absolute Gasteiger partial charge is 2.00 e. The molecule has 0 aliphatic heterocycles. The van der Waals surface area contributed by atoms with Gasteiger partial charge < -0.3 is 34.5 Å². The smallest absolute Gasteiger partial charge is 0.418 e. The molecule has 0 atom stereocenters. The van der Waals surface area contributed by atoms with Crippen LogP contribution in [0.25, 0.3) is 0 Å². The Hall–Kier alpha value is -1.30. The maximum Gasteiger partial charge on any atom is 2.00 e. The van der Waals surface area contributed by atoms with Gasteiger partial charge in [-0.25, -0.2) is 0 Å². The maximum atomic E-state index is 9.75. The third-order valence-electron chi connectivity index (χ3n) is 13.7. The minimum absolute atomic E-state index is 0. The average Bonchev–Trinajstić information content (AvgIpc) is 3.21. The third kappa shape index (κ3) is 15.9. The van der Waals surface area contributed by atoms with Gasteiger partial charge in [-0.1, -0.05) is 121 Å². The summed E-state index contributed by atoms with van der Waals surface area (Å²) in [6.45, 7) is 0. The molecule has 344 valence electrons. The Labute approximate surface area is 395 Å². The van der Waals surface area contributed by atoms with Gasteiger partial charge in [0.05, 0.1) is 0 Å². The van der Waals surface area contributed by atoms with E-state index in [4.69, 9.17) is 0 Å². The van der Waals surface area contributed by atoms with E-state index in [-0.39, 0.29) is 36.9 Å². The van der Waals surface area contributed by atoms with Crippen molar-refractivity contribution in [2.75, 3.05) is 23.8 Å². The molecule has 12 rings (SSSR count). The van der Waals surface area contributed by atoms with Crippen molar-refractivity contribution < 1.29 is 55.6 Å². The van der Waals surface area contributed by atoms with E-state index in [1.54, 1.807) is 59.7 Å². The van der Waals surface area contributed by atoms with E-state index in [0.29, 0.717) is 9.49 Å². The van der Waals surface area contributed by atoms with Crippen molar-refractivity contribution in [2.45, 2.75) is 86.5 Å². The molecule has 8 aliphatic rings. The summed E-state index contributed by atoms with van der Waals surface area (Å²) in [7, 11) is -12.4. The summed E-state index contributed by atoms with van der Waals surface area (Å²) in [5.74, 6) is 9.08. The number of halogens is 8. The van der Waals surface area contributed by atoms with Crippen LogP contribution in [-0.2, 0) is 21.1 Å². The van der Waals surface area contributed by atoms with E-state index >= 15 is 0 Å². The molecular weight excluding hydrogens is 1070 g/mol. The average molecular weight is 1130 g/mol. The van der Waals surface area contributed by atoms with Crippen LogP contribution in [0.2, 0.25) is 0 Å². The second-order valence-corrected chi connectivity index (χ2v) is 26.3. The molecule has 63 heavy (non-hydrogen) atoms. The van der Waals surface area contributed by atoms with Crippen molar-refractivity contribution >= 4 is 75.1 Å². The van der Waals surface area contributed by atoms with Crippen molar-refractivity contribution in [3.63, 3.8) is 0 Å². The standard InChI is InChI=1S/2C24H29PS.2BF4.Pt/c2*1-3-7-22(8-4-1)25(23-9-5-2-6-10-23)11-12-26-24-16-19-13-20(17-24)15-21(14-19)18-24;2*2-1(3,4)5;/h2*1-10,19-21H,11-18H2;;;/q;;2*-1;+2. The summed E-state index contributed by atoms with van der Waals surface area (Å²) in [5, 5.41) is 6.17. The Morgan fingerprint density at radius 3 is 0.762 bits per heavy atom. The van der Waals surface area contributed by atoms with Crippen LogP contribution in [0.15, 0.2) is 121 Å². The van der Waals surface area contributed by atoms with Crippen molar-refractivity contribution in [3.8, 4) is 0 Å². The number of thioether (sulfide) groups is 2. The van der Waals surface area contributed by atoms with Crippen LogP contribution in [0.5, 0.6) is 0 Å². The minimum Gasteiger partial charge on any atom is -0.418 e. The molecule has 0 saturated heterocycles. The van der Waals surface area contributed by atoms with Crippen LogP contribution in [0.3, 0.4) is 0 Å². The predicted octanol–water partition coefficient (Wildman–Crippen LogP) is 14.2. The van der Waals surface area contributed by atoms with Crippen LogP contribution in [0.1, 0.15) is 77.0 Å². The van der Waals surface area contributed by atoms with Gasteiger partial charge in [-0.05, 0) is 173 Å². The molecule has 8 saturated carbocycles. The second kappa shape index (κ2) is 23.1. The van der Waals surface area contributed by atoms with Crippen LogP contribution in [-0.4, -0.2) is 47.8 Å². The van der Waals surface area contributed by atoms with E-state index in [1.807, 2.05) is 0 Å². The minimum atomic E-state index is -6.00. The van der Waals surface area contributed by atoms with Crippen LogP contribution >= 0.6 is 39.4 Å². The molecule has 15 heteroatoms. The number of hydrogen-bond acceptors (Lipinski definition) is 2. The van der Waals surface area contributed by atoms with Crippen LogP contribution in [0, 0.1) is 35.5 Å². The van der Waals surface area contributed by atoms with E-state index in [0.717, 1.165) is 35.5 Å². The molecule has 4 aromatic rings. The Morgan fingerprint density at radius 1 is 0.381 bits per heavy atom. The van der Waals surface area contributed by atoms with Gasteiger partial charge >= 0.3 is 35.6 Å². The van der Waals surface area contributed by atoms with Gasteiger partial charge in [0, 0.05) is 9.49 Å². The quantitative estimate of drug-likeness (QED) is 0.0788. The molecule has 0 spiro atoms. The van der Waals surface area contributed by atoms with Crippen molar-refractivity contribution in [3.05, 3.63) is 121 Å². The molecular formula is C48H58B2F8P2PtS2.